The molecule has 2 nitrogen and oxygen atoms in total. The van der Waals surface area contributed by atoms with Gasteiger partial charge in [0.1, 0.15) is 0 Å². The van der Waals surface area contributed by atoms with Gasteiger partial charge in [0.05, 0.1) is 6.10 Å². The Morgan fingerprint density at radius 3 is 2.71 bits per heavy atom. The monoisotopic (exact) mass is 234 g/mol. The van der Waals surface area contributed by atoms with Gasteiger partial charge in [-0.1, -0.05) is 26.8 Å². The lowest BCUT2D eigenvalue weighted by molar-refractivity contribution is -0.111. The van der Waals surface area contributed by atoms with E-state index >= 15 is 0 Å². The second kappa shape index (κ2) is 4.09. The predicted molar refractivity (Wildman–Crippen MR) is 68.5 cm³/mol. The van der Waals surface area contributed by atoms with Gasteiger partial charge in [-0.3, -0.25) is 4.79 Å². The standard InChI is InChI=1S/C15H22O2/c1-9(2)11-5-7-15(4)8-6-12(16)10(3)13(15)14(11)17/h6,8-9,11,14,17H,5,7H2,1-4H3. The van der Waals surface area contributed by atoms with Crippen molar-refractivity contribution in [3.63, 3.8) is 0 Å². The first kappa shape index (κ1) is 12.6. The first-order valence-electron chi connectivity index (χ1n) is 6.49. The zero-order chi connectivity index (χ0) is 12.8. The fraction of sp³-hybridized carbons (Fsp3) is 0.667. The molecule has 0 radical (unpaired) electrons. The van der Waals surface area contributed by atoms with E-state index in [0.717, 1.165) is 24.0 Å². The summed E-state index contributed by atoms with van der Waals surface area (Å²) < 4.78 is 0. The van der Waals surface area contributed by atoms with Crippen LogP contribution in [0, 0.1) is 17.3 Å². The lowest BCUT2D eigenvalue weighted by Gasteiger charge is -2.45. The Morgan fingerprint density at radius 2 is 2.12 bits per heavy atom. The predicted octanol–water partition coefficient (Wildman–Crippen LogP) is 2.88. The molecule has 3 atom stereocenters. The topological polar surface area (TPSA) is 37.3 Å². The summed E-state index contributed by atoms with van der Waals surface area (Å²) in [6.45, 7) is 8.28. The van der Waals surface area contributed by atoms with Gasteiger partial charge >= 0.3 is 0 Å². The molecule has 0 saturated heterocycles. The number of ketones is 1. The van der Waals surface area contributed by atoms with E-state index < -0.39 is 6.10 Å². The van der Waals surface area contributed by atoms with Crippen LogP contribution in [-0.4, -0.2) is 17.0 Å². The van der Waals surface area contributed by atoms with E-state index in [4.69, 9.17) is 0 Å². The molecular weight excluding hydrogens is 212 g/mol. The SMILES string of the molecule is CC1=C2C(O)C(C(C)C)CCC2(C)C=CC1=O. The number of aliphatic hydroxyl groups excluding tert-OH is 1. The van der Waals surface area contributed by atoms with Crippen molar-refractivity contribution in [1.82, 2.24) is 0 Å². The number of rotatable bonds is 1. The van der Waals surface area contributed by atoms with Gasteiger partial charge in [0.25, 0.3) is 0 Å². The zero-order valence-electron chi connectivity index (χ0n) is 11.2. The largest absolute Gasteiger partial charge is 0.388 e. The van der Waals surface area contributed by atoms with Gasteiger partial charge < -0.3 is 5.11 Å². The number of carbonyl (C=O) groups excluding carboxylic acids is 1. The molecule has 2 aliphatic carbocycles. The molecule has 0 aliphatic heterocycles. The average Bonchev–Trinajstić information content (AvgIpc) is 2.24. The van der Waals surface area contributed by atoms with Gasteiger partial charge in [-0.2, -0.15) is 0 Å². The highest BCUT2D eigenvalue weighted by molar-refractivity contribution is 6.05. The molecule has 2 aliphatic rings. The Morgan fingerprint density at radius 1 is 1.47 bits per heavy atom. The van der Waals surface area contributed by atoms with Gasteiger partial charge in [0.15, 0.2) is 5.78 Å². The number of carbonyl (C=O) groups is 1. The zero-order valence-corrected chi connectivity index (χ0v) is 11.2. The molecule has 17 heavy (non-hydrogen) atoms. The van der Waals surface area contributed by atoms with Crippen LogP contribution in [0.25, 0.3) is 0 Å². The van der Waals surface area contributed by atoms with Crippen LogP contribution in [0.5, 0.6) is 0 Å². The molecule has 3 unspecified atom stereocenters. The Labute approximate surface area is 103 Å². The third-order valence-electron chi connectivity index (χ3n) is 4.55. The maximum absolute atomic E-state index is 11.8. The van der Waals surface area contributed by atoms with E-state index in [-0.39, 0.29) is 17.1 Å². The molecule has 1 saturated carbocycles. The fourth-order valence-electron chi connectivity index (χ4n) is 3.35. The number of fused-ring (bicyclic) bond motifs is 1. The summed E-state index contributed by atoms with van der Waals surface area (Å²) in [5, 5.41) is 10.5. The lowest BCUT2D eigenvalue weighted by Crippen LogP contribution is -2.42. The Kier molecular flexibility index (Phi) is 3.03. The highest BCUT2D eigenvalue weighted by Crippen LogP contribution is 2.49. The van der Waals surface area contributed by atoms with E-state index in [2.05, 4.69) is 20.8 Å². The van der Waals surface area contributed by atoms with Crippen LogP contribution in [0.4, 0.5) is 0 Å². The molecule has 1 fully saturated rings. The van der Waals surface area contributed by atoms with E-state index in [1.165, 1.54) is 0 Å². The molecule has 94 valence electrons. The summed E-state index contributed by atoms with van der Waals surface area (Å²) in [7, 11) is 0. The summed E-state index contributed by atoms with van der Waals surface area (Å²) in [6, 6.07) is 0. The Balaban J connectivity index is 2.44. The van der Waals surface area contributed by atoms with Gasteiger partial charge in [-0.05, 0) is 48.8 Å². The lowest BCUT2D eigenvalue weighted by atomic mass is 9.61. The maximum Gasteiger partial charge on any atom is 0.181 e. The second-order valence-electron chi connectivity index (χ2n) is 6.05. The van der Waals surface area contributed by atoms with E-state index in [1.54, 1.807) is 6.08 Å². The molecule has 0 aromatic carbocycles. The number of hydrogen-bond acceptors (Lipinski definition) is 2. The number of allylic oxidation sites excluding steroid dienone is 3. The minimum absolute atomic E-state index is 0.0564. The normalized spacial score (nSPS) is 37.6. The third-order valence-corrected chi connectivity index (χ3v) is 4.55. The van der Waals surface area contributed by atoms with E-state index in [9.17, 15) is 9.90 Å². The van der Waals surface area contributed by atoms with Crippen molar-refractivity contribution in [3.8, 4) is 0 Å². The number of aliphatic hydroxyl groups is 1. The summed E-state index contributed by atoms with van der Waals surface area (Å²) >= 11 is 0. The van der Waals surface area contributed by atoms with Gasteiger partial charge in [0, 0.05) is 5.41 Å². The molecule has 0 aromatic heterocycles. The van der Waals surface area contributed by atoms with Crippen molar-refractivity contribution in [2.75, 3.05) is 0 Å². The molecule has 0 amide bonds. The molecule has 0 heterocycles. The summed E-state index contributed by atoms with van der Waals surface area (Å²) in [6.07, 6.45) is 5.26. The van der Waals surface area contributed by atoms with Crippen molar-refractivity contribution in [2.45, 2.75) is 46.6 Å². The van der Waals surface area contributed by atoms with Crippen molar-refractivity contribution in [2.24, 2.45) is 17.3 Å². The number of hydrogen-bond donors (Lipinski definition) is 1. The van der Waals surface area contributed by atoms with Crippen LogP contribution >= 0.6 is 0 Å². The minimum atomic E-state index is -0.456. The summed E-state index contributed by atoms with van der Waals surface area (Å²) in [5.74, 6) is 0.795. The average molecular weight is 234 g/mol. The first-order valence-corrected chi connectivity index (χ1v) is 6.49. The highest BCUT2D eigenvalue weighted by Gasteiger charge is 2.44. The molecule has 0 bridgehead atoms. The first-order chi connectivity index (χ1) is 7.87. The van der Waals surface area contributed by atoms with E-state index in [1.807, 2.05) is 13.0 Å². The molecule has 2 heteroatoms. The Bertz CT molecular complexity index is 403. The van der Waals surface area contributed by atoms with Crippen molar-refractivity contribution >= 4 is 5.78 Å². The van der Waals surface area contributed by atoms with Crippen LogP contribution in [-0.2, 0) is 4.79 Å². The smallest absolute Gasteiger partial charge is 0.181 e. The molecule has 1 N–H and O–H groups in total. The maximum atomic E-state index is 11.8. The fourth-order valence-corrected chi connectivity index (χ4v) is 3.35. The van der Waals surface area contributed by atoms with Crippen LogP contribution in [0.1, 0.15) is 40.5 Å². The van der Waals surface area contributed by atoms with E-state index in [0.29, 0.717) is 5.92 Å². The van der Waals surface area contributed by atoms with Crippen molar-refractivity contribution in [3.05, 3.63) is 23.3 Å². The molecular formula is C15H22O2. The third kappa shape index (κ3) is 1.89. The van der Waals surface area contributed by atoms with Gasteiger partial charge in [-0.25, -0.2) is 0 Å². The van der Waals surface area contributed by atoms with Gasteiger partial charge in [0.2, 0.25) is 0 Å². The Hall–Kier alpha value is -0.890. The molecule has 2 rings (SSSR count). The molecule has 0 spiro atoms. The van der Waals surface area contributed by atoms with Crippen molar-refractivity contribution < 1.29 is 9.90 Å². The van der Waals surface area contributed by atoms with Gasteiger partial charge in [-0.15, -0.1) is 0 Å². The van der Waals surface area contributed by atoms with Crippen molar-refractivity contribution in [1.29, 1.82) is 0 Å². The van der Waals surface area contributed by atoms with Crippen LogP contribution in [0.3, 0.4) is 0 Å². The summed E-state index contributed by atoms with van der Waals surface area (Å²) in [5.41, 5.74) is 1.62. The highest BCUT2D eigenvalue weighted by atomic mass is 16.3. The van der Waals surface area contributed by atoms with Crippen LogP contribution in [0.2, 0.25) is 0 Å². The second-order valence-corrected chi connectivity index (χ2v) is 6.05. The quantitative estimate of drug-likeness (QED) is 0.757. The molecule has 0 aromatic rings. The van der Waals surface area contributed by atoms with Crippen LogP contribution in [0.15, 0.2) is 23.3 Å². The van der Waals surface area contributed by atoms with Crippen LogP contribution < -0.4 is 0 Å². The summed E-state index contributed by atoms with van der Waals surface area (Å²) in [4.78, 5) is 11.8. The minimum Gasteiger partial charge on any atom is -0.388 e.